The molecule has 0 radical (unpaired) electrons. The number of aromatic nitrogens is 3. The third-order valence-electron chi connectivity index (χ3n) is 8.00. The van der Waals surface area contributed by atoms with E-state index in [2.05, 4.69) is 26.6 Å². The lowest BCUT2D eigenvalue weighted by Crippen LogP contribution is -2.38. The molecular weight excluding hydrogens is 428 g/mol. The number of hydrogen-bond acceptors (Lipinski definition) is 7. The molecule has 5 rings (SSSR count). The summed E-state index contributed by atoms with van der Waals surface area (Å²) >= 11 is 0. The lowest BCUT2D eigenvalue weighted by Gasteiger charge is -2.37. The van der Waals surface area contributed by atoms with E-state index in [1.165, 1.54) is 6.42 Å². The number of anilines is 2. The largest absolute Gasteiger partial charge is 0.393 e. The number of amides is 1. The fourth-order valence-electron chi connectivity index (χ4n) is 6.10. The molecule has 3 heterocycles. The average molecular weight is 465 g/mol. The predicted molar refractivity (Wildman–Crippen MR) is 132 cm³/mol. The lowest BCUT2D eigenvalue weighted by atomic mass is 9.69. The summed E-state index contributed by atoms with van der Waals surface area (Å²) in [5, 5.41) is 16.3. The summed E-state index contributed by atoms with van der Waals surface area (Å²) < 4.78 is 0. The molecule has 1 saturated heterocycles. The van der Waals surface area contributed by atoms with Crippen LogP contribution in [0, 0.1) is 11.3 Å². The van der Waals surface area contributed by atoms with Crippen molar-refractivity contribution in [1.82, 2.24) is 20.3 Å². The Balaban J connectivity index is 1.39. The predicted octanol–water partition coefficient (Wildman–Crippen LogP) is 3.39. The van der Waals surface area contributed by atoms with E-state index in [1.54, 1.807) is 19.4 Å². The van der Waals surface area contributed by atoms with Crippen LogP contribution >= 0.6 is 0 Å². The Labute approximate surface area is 201 Å². The zero-order valence-electron chi connectivity index (χ0n) is 20.0. The van der Waals surface area contributed by atoms with Gasteiger partial charge in [0.25, 0.3) is 0 Å². The first-order valence-electron chi connectivity index (χ1n) is 12.7. The monoisotopic (exact) mass is 464 g/mol. The van der Waals surface area contributed by atoms with Gasteiger partial charge in [-0.3, -0.25) is 9.78 Å². The molecular formula is C26H36N6O2. The number of rotatable bonds is 5. The molecule has 182 valence electrons. The molecule has 1 spiro atoms. The van der Waals surface area contributed by atoms with Crippen LogP contribution in [0.25, 0.3) is 11.4 Å². The van der Waals surface area contributed by atoms with E-state index in [0.717, 1.165) is 81.7 Å². The molecule has 0 bridgehead atoms. The molecule has 2 saturated carbocycles. The van der Waals surface area contributed by atoms with E-state index >= 15 is 0 Å². The van der Waals surface area contributed by atoms with Crippen LogP contribution in [0.4, 0.5) is 11.6 Å². The first kappa shape index (κ1) is 23.0. The van der Waals surface area contributed by atoms with Crippen molar-refractivity contribution in [3.8, 4) is 11.4 Å². The number of carbonyl (C=O) groups is 1. The molecule has 3 aliphatic rings. The molecule has 2 atom stereocenters. The molecule has 2 unspecified atom stereocenters. The van der Waals surface area contributed by atoms with Crippen molar-refractivity contribution in [2.75, 3.05) is 30.4 Å². The SMILES string of the molecule is CNC(=O)C1CCCC2(CCN(c3cc(NC4CCC(O)CC4)nc(-c4cccnc4)n3)C2)C1. The minimum atomic E-state index is -0.181. The van der Waals surface area contributed by atoms with Gasteiger partial charge in [0, 0.05) is 56.1 Å². The fourth-order valence-corrected chi connectivity index (χ4v) is 6.10. The summed E-state index contributed by atoms with van der Waals surface area (Å²) in [6.45, 7) is 1.87. The number of nitrogens with zero attached hydrogens (tertiary/aromatic N) is 4. The van der Waals surface area contributed by atoms with Crippen LogP contribution in [0.5, 0.6) is 0 Å². The van der Waals surface area contributed by atoms with Gasteiger partial charge in [-0.05, 0) is 68.9 Å². The maximum absolute atomic E-state index is 12.3. The van der Waals surface area contributed by atoms with Crippen molar-refractivity contribution in [3.63, 3.8) is 0 Å². The Bertz CT molecular complexity index is 994. The molecule has 8 heteroatoms. The van der Waals surface area contributed by atoms with Crippen LogP contribution in [-0.2, 0) is 4.79 Å². The molecule has 1 amide bonds. The van der Waals surface area contributed by atoms with E-state index in [4.69, 9.17) is 9.97 Å². The molecule has 3 fully saturated rings. The third kappa shape index (κ3) is 5.02. The molecule has 2 aromatic rings. The van der Waals surface area contributed by atoms with Gasteiger partial charge in [-0.25, -0.2) is 9.97 Å². The van der Waals surface area contributed by atoms with Crippen LogP contribution in [-0.4, -0.2) is 58.2 Å². The molecule has 0 aromatic carbocycles. The summed E-state index contributed by atoms with van der Waals surface area (Å²) in [6.07, 6.45) is 12.2. The standard InChI is InChI=1S/C26H36N6O2/c1-27-25(34)18-4-2-10-26(15-18)11-13-32(17-26)23-14-22(29-20-6-8-21(33)9-7-20)30-24(31-23)19-5-3-12-28-16-19/h3,5,12,14,16,18,20-21,33H,2,4,6-11,13,15,17H2,1H3,(H,27,34)(H,29,30,31). The summed E-state index contributed by atoms with van der Waals surface area (Å²) in [6, 6.07) is 6.29. The van der Waals surface area contributed by atoms with Crippen LogP contribution in [0.2, 0.25) is 0 Å². The van der Waals surface area contributed by atoms with Crippen molar-refractivity contribution in [2.45, 2.75) is 69.9 Å². The lowest BCUT2D eigenvalue weighted by molar-refractivity contribution is -0.126. The smallest absolute Gasteiger partial charge is 0.222 e. The topological polar surface area (TPSA) is 103 Å². The van der Waals surface area contributed by atoms with E-state index in [0.29, 0.717) is 11.9 Å². The second-order valence-electron chi connectivity index (χ2n) is 10.4. The molecule has 34 heavy (non-hydrogen) atoms. The number of aliphatic hydroxyl groups is 1. The Hall–Kier alpha value is -2.74. The van der Waals surface area contributed by atoms with Crippen molar-refractivity contribution < 1.29 is 9.90 Å². The minimum absolute atomic E-state index is 0.119. The normalized spacial score (nSPS) is 29.2. The van der Waals surface area contributed by atoms with Gasteiger partial charge < -0.3 is 20.6 Å². The number of nitrogens with one attached hydrogen (secondary N) is 2. The third-order valence-corrected chi connectivity index (χ3v) is 8.00. The van der Waals surface area contributed by atoms with Crippen molar-refractivity contribution in [3.05, 3.63) is 30.6 Å². The Morgan fingerprint density at radius 1 is 1.18 bits per heavy atom. The zero-order valence-corrected chi connectivity index (χ0v) is 20.0. The van der Waals surface area contributed by atoms with Gasteiger partial charge in [-0.2, -0.15) is 0 Å². The number of carbonyl (C=O) groups excluding carboxylic acids is 1. The Kier molecular flexibility index (Phi) is 6.68. The number of hydrogen-bond donors (Lipinski definition) is 3. The second kappa shape index (κ2) is 9.86. The minimum Gasteiger partial charge on any atom is -0.393 e. The second-order valence-corrected chi connectivity index (χ2v) is 10.4. The maximum atomic E-state index is 12.3. The van der Waals surface area contributed by atoms with Gasteiger partial charge in [0.15, 0.2) is 5.82 Å². The number of aliphatic hydroxyl groups excluding tert-OH is 1. The van der Waals surface area contributed by atoms with Crippen LogP contribution in [0.3, 0.4) is 0 Å². The van der Waals surface area contributed by atoms with Gasteiger partial charge in [-0.15, -0.1) is 0 Å². The Morgan fingerprint density at radius 3 is 2.79 bits per heavy atom. The van der Waals surface area contributed by atoms with Crippen molar-refractivity contribution >= 4 is 17.5 Å². The molecule has 1 aliphatic heterocycles. The van der Waals surface area contributed by atoms with E-state index in [1.807, 2.05) is 12.1 Å². The molecule has 2 aliphatic carbocycles. The summed E-state index contributed by atoms with van der Waals surface area (Å²) in [5.41, 5.74) is 1.08. The van der Waals surface area contributed by atoms with Crippen LogP contribution in [0.15, 0.2) is 30.6 Å². The highest BCUT2D eigenvalue weighted by atomic mass is 16.3. The Morgan fingerprint density at radius 2 is 2.03 bits per heavy atom. The molecule has 3 N–H and O–H groups in total. The van der Waals surface area contributed by atoms with E-state index in [-0.39, 0.29) is 23.3 Å². The highest BCUT2D eigenvalue weighted by molar-refractivity contribution is 5.78. The van der Waals surface area contributed by atoms with Gasteiger partial charge in [0.1, 0.15) is 11.6 Å². The highest BCUT2D eigenvalue weighted by Gasteiger charge is 2.43. The van der Waals surface area contributed by atoms with Gasteiger partial charge in [0.05, 0.1) is 6.10 Å². The average Bonchev–Trinajstić information content (AvgIpc) is 3.28. The summed E-state index contributed by atoms with van der Waals surface area (Å²) in [4.78, 5) is 28.8. The summed E-state index contributed by atoms with van der Waals surface area (Å²) in [7, 11) is 1.74. The highest BCUT2D eigenvalue weighted by Crippen LogP contribution is 2.47. The van der Waals surface area contributed by atoms with Crippen LogP contribution in [0.1, 0.15) is 57.8 Å². The number of pyridine rings is 1. The van der Waals surface area contributed by atoms with Crippen molar-refractivity contribution in [2.24, 2.45) is 11.3 Å². The van der Waals surface area contributed by atoms with Crippen molar-refractivity contribution in [1.29, 1.82) is 0 Å². The van der Waals surface area contributed by atoms with Gasteiger partial charge >= 0.3 is 0 Å². The first-order valence-corrected chi connectivity index (χ1v) is 12.7. The fraction of sp³-hybridized carbons (Fsp3) is 0.615. The van der Waals surface area contributed by atoms with E-state index < -0.39 is 0 Å². The summed E-state index contributed by atoms with van der Waals surface area (Å²) in [5.74, 6) is 2.75. The van der Waals surface area contributed by atoms with E-state index in [9.17, 15) is 9.90 Å². The first-order chi connectivity index (χ1) is 16.5. The van der Waals surface area contributed by atoms with Crippen LogP contribution < -0.4 is 15.5 Å². The maximum Gasteiger partial charge on any atom is 0.222 e. The molecule has 2 aromatic heterocycles. The quantitative estimate of drug-likeness (QED) is 0.623. The molecule has 8 nitrogen and oxygen atoms in total. The zero-order chi connectivity index (χ0) is 23.5. The van der Waals surface area contributed by atoms with Gasteiger partial charge in [0.2, 0.25) is 5.91 Å². The van der Waals surface area contributed by atoms with Gasteiger partial charge in [-0.1, -0.05) is 6.42 Å².